The highest BCUT2D eigenvalue weighted by molar-refractivity contribution is 7.46. The zero-order valence-electron chi connectivity index (χ0n) is 32.9. The van der Waals surface area contributed by atoms with E-state index in [0.717, 1.165) is 0 Å². The minimum absolute atomic E-state index is 0.0711. The highest BCUT2D eigenvalue weighted by Gasteiger charge is 2.43. The van der Waals surface area contributed by atoms with Gasteiger partial charge in [0.2, 0.25) is 41.4 Å². The number of nitrogens with zero attached hydrogens (tertiary/aromatic N) is 1. The van der Waals surface area contributed by atoms with Crippen molar-refractivity contribution in [1.82, 2.24) is 26.2 Å². The molecule has 0 aromatic heterocycles. The topological polar surface area (TPSA) is 310 Å². The molecule has 0 spiro atoms. The van der Waals surface area contributed by atoms with Gasteiger partial charge in [0.15, 0.2) is 0 Å². The highest BCUT2D eigenvalue weighted by atomic mass is 31.2. The number of primary amides is 2. The molecule has 11 N–H and O–H groups in total. The quantitative estimate of drug-likeness (QED) is 0.0657. The van der Waals surface area contributed by atoms with E-state index in [1.165, 1.54) is 43.0 Å². The van der Waals surface area contributed by atoms with Crippen molar-refractivity contribution in [2.75, 3.05) is 6.54 Å². The molecule has 20 heteroatoms. The normalized spacial score (nSPS) is 16.4. The van der Waals surface area contributed by atoms with Crippen molar-refractivity contribution in [2.24, 2.45) is 11.5 Å². The summed E-state index contributed by atoms with van der Waals surface area (Å²) in [5, 5.41) is 20.3. The number of benzene rings is 3. The zero-order valence-corrected chi connectivity index (χ0v) is 33.8. The monoisotopic (exact) mass is 851 g/mol. The number of hydrogen-bond acceptors (Lipinski definition) is 10. The van der Waals surface area contributed by atoms with Gasteiger partial charge in [0, 0.05) is 32.2 Å². The van der Waals surface area contributed by atoms with Crippen molar-refractivity contribution in [3.63, 3.8) is 0 Å². The van der Waals surface area contributed by atoms with E-state index >= 15 is 4.79 Å². The molecule has 1 unspecified atom stereocenters. The predicted molar refractivity (Wildman–Crippen MR) is 215 cm³/mol. The Balaban J connectivity index is 1.70. The molecule has 1 aliphatic heterocycles. The summed E-state index contributed by atoms with van der Waals surface area (Å²) in [6.07, 6.45) is -1.63. The Morgan fingerprint density at radius 2 is 1.35 bits per heavy atom. The van der Waals surface area contributed by atoms with Gasteiger partial charge in [0.05, 0.1) is 6.10 Å². The second-order valence-electron chi connectivity index (χ2n) is 14.4. The van der Waals surface area contributed by atoms with Crippen LogP contribution >= 0.6 is 7.82 Å². The summed E-state index contributed by atoms with van der Waals surface area (Å²) in [7, 11) is -4.84. The highest BCUT2D eigenvalue weighted by Crippen LogP contribution is 2.37. The summed E-state index contributed by atoms with van der Waals surface area (Å²) in [5.41, 5.74) is 12.4. The van der Waals surface area contributed by atoms with Gasteiger partial charge in [-0.15, -0.1) is 0 Å². The maximum absolute atomic E-state index is 15.0. The lowest BCUT2D eigenvalue weighted by atomic mass is 9.84. The first-order chi connectivity index (χ1) is 28.3. The summed E-state index contributed by atoms with van der Waals surface area (Å²) in [6.45, 7) is 2.51. The molecule has 4 rings (SSSR count). The fraction of sp³-hybridized carbons (Fsp3) is 0.375. The molecular formula is C40H50N7O12P. The van der Waals surface area contributed by atoms with Gasteiger partial charge in [0.1, 0.15) is 36.0 Å². The van der Waals surface area contributed by atoms with Crippen LogP contribution in [0.3, 0.4) is 0 Å². The number of carbonyl (C=O) groups excluding carboxylic acids is 7. The average molecular weight is 852 g/mol. The average Bonchev–Trinajstić information content (AvgIpc) is 3.68. The maximum atomic E-state index is 15.0. The Morgan fingerprint density at radius 3 is 1.85 bits per heavy atom. The molecule has 19 nitrogen and oxygen atoms in total. The molecular weight excluding hydrogens is 801 g/mol. The molecule has 60 heavy (non-hydrogen) atoms. The van der Waals surface area contributed by atoms with E-state index in [4.69, 9.17) is 21.3 Å². The van der Waals surface area contributed by atoms with Gasteiger partial charge in [-0.2, -0.15) is 0 Å². The van der Waals surface area contributed by atoms with Crippen molar-refractivity contribution < 1.29 is 57.5 Å². The molecule has 1 aliphatic rings. The number of aliphatic hydroxyl groups excluding tert-OH is 1. The Bertz CT molecular complexity index is 2010. The third-order valence-electron chi connectivity index (χ3n) is 9.73. The number of hydrogen-bond donors (Lipinski definition) is 9. The number of carbonyl (C=O) groups is 7. The first-order valence-electron chi connectivity index (χ1n) is 19.0. The van der Waals surface area contributed by atoms with Gasteiger partial charge >= 0.3 is 7.82 Å². The summed E-state index contributed by atoms with van der Waals surface area (Å²) in [4.78, 5) is 112. The number of rotatable bonds is 20. The Labute approximate surface area is 345 Å². The van der Waals surface area contributed by atoms with E-state index in [9.17, 15) is 38.4 Å². The van der Waals surface area contributed by atoms with Crippen LogP contribution < -0.4 is 37.3 Å². The van der Waals surface area contributed by atoms with Crippen LogP contribution in [0.2, 0.25) is 0 Å². The van der Waals surface area contributed by atoms with Crippen molar-refractivity contribution in [1.29, 1.82) is 0 Å². The Morgan fingerprint density at radius 1 is 0.800 bits per heavy atom. The molecule has 3 aromatic rings. The molecule has 322 valence electrons. The second-order valence-corrected chi connectivity index (χ2v) is 15.5. The lowest BCUT2D eigenvalue weighted by Crippen LogP contribution is -2.60. The number of nitrogens with one attached hydrogen (secondary N) is 4. The van der Waals surface area contributed by atoms with Crippen molar-refractivity contribution in [2.45, 2.75) is 88.2 Å². The smallest absolute Gasteiger partial charge is 0.404 e. The summed E-state index contributed by atoms with van der Waals surface area (Å²) in [5.74, 6) is -6.50. The third-order valence-corrected chi connectivity index (χ3v) is 10.2. The van der Waals surface area contributed by atoms with Crippen LogP contribution in [0, 0.1) is 0 Å². The number of nitrogens with two attached hydrogens (primary N) is 2. The maximum Gasteiger partial charge on any atom is 0.524 e. The second kappa shape index (κ2) is 21.2. The van der Waals surface area contributed by atoms with Gasteiger partial charge in [-0.05, 0) is 55.0 Å². The van der Waals surface area contributed by atoms with E-state index in [0.29, 0.717) is 23.1 Å². The van der Waals surface area contributed by atoms with Crippen LogP contribution in [-0.4, -0.2) is 104 Å². The van der Waals surface area contributed by atoms with Gasteiger partial charge in [-0.25, -0.2) is 4.57 Å². The Kier molecular flexibility index (Phi) is 16.5. The molecule has 1 fully saturated rings. The molecule has 7 amide bonds. The van der Waals surface area contributed by atoms with Crippen molar-refractivity contribution in [3.05, 3.63) is 102 Å². The van der Waals surface area contributed by atoms with Gasteiger partial charge in [-0.1, -0.05) is 72.8 Å². The molecule has 0 bridgehead atoms. The first kappa shape index (κ1) is 46.5. The molecule has 3 aromatic carbocycles. The minimum atomic E-state index is -4.84. The van der Waals surface area contributed by atoms with Crippen LogP contribution in [0.15, 0.2) is 84.9 Å². The van der Waals surface area contributed by atoms with Crippen LogP contribution in [0.25, 0.3) is 0 Å². The minimum Gasteiger partial charge on any atom is -0.404 e. The summed E-state index contributed by atoms with van der Waals surface area (Å²) in [6, 6.07) is 16.4. The van der Waals surface area contributed by atoms with Crippen molar-refractivity contribution in [3.8, 4) is 5.75 Å². The first-order valence-corrected chi connectivity index (χ1v) is 20.6. The predicted octanol–water partition coefficient (Wildman–Crippen LogP) is -0.386. The SMILES string of the molecule is CC(=O)N[C@@H](Cc1ccc(OP(=O)(O)O)cc1)C(=O)N[C@H](C(=O)N1CCC[C@H]1C(=O)N[C@@H](CCC(N)=O)C(=O)N[C@H](C(N)=O)C(C)O)C(c1ccccc1)c1ccccc1. The molecule has 0 aliphatic carbocycles. The standard InChI is InChI=1S/C40H50N7O12P/c1-23(48)34(36(42)51)45-37(52)29(19-20-32(41)50)44-39(54)31-14-9-21-47(31)40(55)35(33(26-10-5-3-6-11-26)27-12-7-4-8-13-27)46-38(53)30(43-24(2)49)22-25-15-17-28(18-16-25)59-60(56,57)58/h3-8,10-13,15-18,23,29-31,33-35,48H,9,14,19-22H2,1-2H3,(H2,41,50)(H2,42,51)(H,43,49)(H,44,54)(H,45,52)(H,46,53)(H2,56,57,58)/t23?,29-,30-,31-,34-,35-/m0/s1. The number of phosphoric ester groups is 1. The van der Waals surface area contributed by atoms with Gasteiger partial charge in [0.25, 0.3) is 0 Å². The number of phosphoric acid groups is 1. The molecule has 0 saturated carbocycles. The third kappa shape index (κ3) is 13.5. The van der Waals surface area contributed by atoms with E-state index in [1.807, 2.05) is 0 Å². The molecule has 0 radical (unpaired) electrons. The fourth-order valence-corrected chi connectivity index (χ4v) is 7.34. The van der Waals surface area contributed by atoms with Crippen molar-refractivity contribution >= 4 is 49.2 Å². The van der Waals surface area contributed by atoms with E-state index in [1.54, 1.807) is 60.7 Å². The summed E-state index contributed by atoms with van der Waals surface area (Å²) >= 11 is 0. The van der Waals surface area contributed by atoms with E-state index < -0.39 is 91.4 Å². The lowest BCUT2D eigenvalue weighted by molar-refractivity contribution is -0.143. The van der Waals surface area contributed by atoms with Crippen LogP contribution in [0.5, 0.6) is 5.75 Å². The molecule has 1 heterocycles. The Hall–Kier alpha value is -6.14. The van der Waals surface area contributed by atoms with Crippen LogP contribution in [-0.2, 0) is 44.5 Å². The van der Waals surface area contributed by atoms with Crippen LogP contribution in [0.4, 0.5) is 0 Å². The number of amides is 7. The fourth-order valence-electron chi connectivity index (χ4n) is 6.94. The molecule has 6 atom stereocenters. The largest absolute Gasteiger partial charge is 0.524 e. The van der Waals surface area contributed by atoms with Gasteiger partial charge < -0.3 is 47.3 Å². The number of likely N-dealkylation sites (tertiary alicyclic amines) is 1. The summed E-state index contributed by atoms with van der Waals surface area (Å²) < 4.78 is 15.9. The van der Waals surface area contributed by atoms with E-state index in [-0.39, 0.29) is 38.0 Å². The van der Waals surface area contributed by atoms with Crippen LogP contribution in [0.1, 0.15) is 62.1 Å². The van der Waals surface area contributed by atoms with E-state index in [2.05, 4.69) is 25.8 Å². The zero-order chi connectivity index (χ0) is 44.1. The molecule has 1 saturated heterocycles. The lowest BCUT2D eigenvalue weighted by Gasteiger charge is -2.35. The van der Waals surface area contributed by atoms with Gasteiger partial charge in [-0.3, -0.25) is 43.3 Å². The number of aliphatic hydroxyl groups is 1.